The Morgan fingerprint density at radius 1 is 1.04 bits per heavy atom. The molecule has 3 rings (SSSR count). The Morgan fingerprint density at radius 2 is 1.70 bits per heavy atom. The number of hydrogen-bond donors (Lipinski definition) is 1. The lowest BCUT2D eigenvalue weighted by Gasteiger charge is -2.20. The Labute approximate surface area is 162 Å². The van der Waals surface area contributed by atoms with Gasteiger partial charge in [-0.2, -0.15) is 4.31 Å². The van der Waals surface area contributed by atoms with E-state index < -0.39 is 10.0 Å². The van der Waals surface area contributed by atoms with Crippen LogP contribution in [0.2, 0.25) is 0 Å². The van der Waals surface area contributed by atoms with E-state index >= 15 is 0 Å². The first-order chi connectivity index (χ1) is 13.0. The topological polar surface area (TPSA) is 83.7 Å². The average molecular weight is 394 g/mol. The second kappa shape index (κ2) is 9.17. The van der Waals surface area contributed by atoms with Gasteiger partial charge in [-0.1, -0.05) is 25.0 Å². The highest BCUT2D eigenvalue weighted by Crippen LogP contribution is 2.21. The van der Waals surface area contributed by atoms with Gasteiger partial charge < -0.3 is 10.6 Å². The van der Waals surface area contributed by atoms with Gasteiger partial charge >= 0.3 is 0 Å². The number of rotatable bonds is 6. The molecular formula is C20H31N3O3S. The fourth-order valence-electron chi connectivity index (χ4n) is 3.92. The summed E-state index contributed by atoms with van der Waals surface area (Å²) in [6.45, 7) is 3.42. The van der Waals surface area contributed by atoms with Crippen LogP contribution in [-0.4, -0.2) is 56.3 Å². The van der Waals surface area contributed by atoms with Gasteiger partial charge in [0.05, 0.1) is 4.90 Å². The zero-order chi connectivity index (χ0) is 19.3. The van der Waals surface area contributed by atoms with E-state index in [2.05, 4.69) is 0 Å². The third-order valence-electron chi connectivity index (χ3n) is 5.73. The molecule has 7 heteroatoms. The lowest BCUT2D eigenvalue weighted by Crippen LogP contribution is -2.31. The number of benzene rings is 1. The Bertz CT molecular complexity index is 725. The number of sulfonamides is 1. The molecule has 0 bridgehead atoms. The van der Waals surface area contributed by atoms with Crippen molar-refractivity contribution >= 4 is 15.9 Å². The van der Waals surface area contributed by atoms with Crippen molar-refractivity contribution in [3.8, 4) is 0 Å². The molecule has 150 valence electrons. The molecule has 1 atom stereocenters. The first-order valence-corrected chi connectivity index (χ1v) is 11.5. The monoisotopic (exact) mass is 393 g/mol. The van der Waals surface area contributed by atoms with E-state index in [9.17, 15) is 13.2 Å². The minimum Gasteiger partial charge on any atom is -0.342 e. The van der Waals surface area contributed by atoms with Crippen LogP contribution in [-0.2, 0) is 21.2 Å². The third-order valence-corrected chi connectivity index (χ3v) is 7.64. The summed E-state index contributed by atoms with van der Waals surface area (Å²) in [6.07, 6.45) is 6.14. The lowest BCUT2D eigenvalue weighted by molar-refractivity contribution is -0.130. The predicted octanol–water partition coefficient (Wildman–Crippen LogP) is 1.99. The van der Waals surface area contributed by atoms with Crippen LogP contribution >= 0.6 is 0 Å². The highest BCUT2D eigenvalue weighted by Gasteiger charge is 2.26. The Hall–Kier alpha value is -1.44. The molecule has 1 amide bonds. The highest BCUT2D eigenvalue weighted by atomic mass is 32.2. The molecule has 2 aliphatic heterocycles. The Morgan fingerprint density at radius 3 is 2.30 bits per heavy atom. The van der Waals surface area contributed by atoms with E-state index in [1.165, 1.54) is 0 Å². The molecule has 1 aromatic rings. The van der Waals surface area contributed by atoms with Crippen LogP contribution in [0.1, 0.15) is 44.1 Å². The van der Waals surface area contributed by atoms with Crippen LogP contribution < -0.4 is 5.73 Å². The maximum absolute atomic E-state index is 12.8. The number of carbonyl (C=O) groups excluding carboxylic acids is 1. The van der Waals surface area contributed by atoms with E-state index in [1.54, 1.807) is 16.4 Å². The molecule has 2 N–H and O–H groups in total. The van der Waals surface area contributed by atoms with Crippen molar-refractivity contribution in [2.24, 2.45) is 11.7 Å². The molecule has 0 aliphatic carbocycles. The SMILES string of the molecule is NCC1CCN(C(=O)CCc2ccc(S(=O)(=O)N3CCCCCC3)cc2)C1. The second-order valence-corrected chi connectivity index (χ2v) is 9.63. The van der Waals surface area contributed by atoms with Gasteiger partial charge in [0, 0.05) is 32.6 Å². The summed E-state index contributed by atoms with van der Waals surface area (Å²) in [7, 11) is -3.41. The lowest BCUT2D eigenvalue weighted by atomic mass is 10.1. The molecule has 0 aromatic heterocycles. The largest absolute Gasteiger partial charge is 0.342 e. The molecule has 0 saturated carbocycles. The van der Waals surface area contributed by atoms with Gasteiger partial charge in [-0.25, -0.2) is 8.42 Å². The maximum Gasteiger partial charge on any atom is 0.243 e. The number of hydrogen-bond acceptors (Lipinski definition) is 4. The van der Waals surface area contributed by atoms with Gasteiger partial charge in [0.1, 0.15) is 0 Å². The molecule has 2 aliphatic rings. The van der Waals surface area contributed by atoms with Crippen molar-refractivity contribution in [2.75, 3.05) is 32.7 Å². The van der Waals surface area contributed by atoms with Crippen molar-refractivity contribution in [1.29, 1.82) is 0 Å². The number of likely N-dealkylation sites (tertiary alicyclic amines) is 1. The van der Waals surface area contributed by atoms with Crippen LogP contribution in [0.25, 0.3) is 0 Å². The van der Waals surface area contributed by atoms with Gasteiger partial charge in [0.25, 0.3) is 0 Å². The van der Waals surface area contributed by atoms with Crippen LogP contribution in [0.3, 0.4) is 0 Å². The Balaban J connectivity index is 1.56. The number of aryl methyl sites for hydroxylation is 1. The van der Waals surface area contributed by atoms with Gasteiger partial charge in [-0.05, 0) is 55.8 Å². The van der Waals surface area contributed by atoms with E-state index in [4.69, 9.17) is 5.73 Å². The summed E-state index contributed by atoms with van der Waals surface area (Å²) in [4.78, 5) is 14.6. The van der Waals surface area contributed by atoms with Gasteiger partial charge in [-0.15, -0.1) is 0 Å². The molecule has 1 aromatic carbocycles. The zero-order valence-electron chi connectivity index (χ0n) is 16.0. The summed E-state index contributed by atoms with van der Waals surface area (Å²) in [5.41, 5.74) is 6.68. The number of nitrogens with zero attached hydrogens (tertiary/aromatic N) is 2. The molecule has 0 spiro atoms. The van der Waals surface area contributed by atoms with Gasteiger partial charge in [-0.3, -0.25) is 4.79 Å². The molecule has 2 saturated heterocycles. The van der Waals surface area contributed by atoms with Crippen LogP contribution in [0.15, 0.2) is 29.2 Å². The molecular weight excluding hydrogens is 362 g/mol. The van der Waals surface area contributed by atoms with Crippen LogP contribution in [0.4, 0.5) is 0 Å². The summed E-state index contributed by atoms with van der Waals surface area (Å²) in [5, 5.41) is 0. The first kappa shape index (κ1) is 20.3. The highest BCUT2D eigenvalue weighted by molar-refractivity contribution is 7.89. The first-order valence-electron chi connectivity index (χ1n) is 10.1. The third kappa shape index (κ3) is 5.09. The van der Waals surface area contributed by atoms with Gasteiger partial charge in [0.2, 0.25) is 15.9 Å². The fraction of sp³-hybridized carbons (Fsp3) is 0.650. The smallest absolute Gasteiger partial charge is 0.243 e. The zero-order valence-corrected chi connectivity index (χ0v) is 16.8. The standard InChI is InChI=1S/C20H31N3O3S/c21-15-18-11-14-22(16-18)20(24)10-7-17-5-8-19(9-6-17)27(25,26)23-12-3-1-2-4-13-23/h5-6,8-9,18H,1-4,7,10-16,21H2. The van der Waals surface area contributed by atoms with E-state index in [1.807, 2.05) is 17.0 Å². The summed E-state index contributed by atoms with van der Waals surface area (Å²) < 4.78 is 27.2. The quantitative estimate of drug-likeness (QED) is 0.801. The summed E-state index contributed by atoms with van der Waals surface area (Å²) >= 11 is 0. The normalized spacial score (nSPS) is 22.0. The summed E-state index contributed by atoms with van der Waals surface area (Å²) in [5.74, 6) is 0.588. The molecule has 6 nitrogen and oxygen atoms in total. The molecule has 2 fully saturated rings. The fourth-order valence-corrected chi connectivity index (χ4v) is 5.44. The predicted molar refractivity (Wildman–Crippen MR) is 106 cm³/mol. The van der Waals surface area contributed by atoms with E-state index in [0.717, 1.165) is 50.8 Å². The van der Waals surface area contributed by atoms with E-state index in [-0.39, 0.29) is 5.91 Å². The molecule has 27 heavy (non-hydrogen) atoms. The number of amides is 1. The molecule has 2 heterocycles. The minimum atomic E-state index is -3.41. The van der Waals surface area contributed by atoms with E-state index in [0.29, 0.717) is 43.3 Å². The molecule has 0 radical (unpaired) electrons. The second-order valence-electron chi connectivity index (χ2n) is 7.69. The van der Waals surface area contributed by atoms with Crippen LogP contribution in [0.5, 0.6) is 0 Å². The average Bonchev–Trinajstić information content (AvgIpc) is 2.99. The number of nitrogens with two attached hydrogens (primary N) is 1. The van der Waals surface area contributed by atoms with Crippen LogP contribution in [0, 0.1) is 5.92 Å². The summed E-state index contributed by atoms with van der Waals surface area (Å²) in [6, 6.07) is 7.04. The molecule has 1 unspecified atom stereocenters. The van der Waals surface area contributed by atoms with Crippen molar-refractivity contribution in [3.05, 3.63) is 29.8 Å². The van der Waals surface area contributed by atoms with Crippen molar-refractivity contribution < 1.29 is 13.2 Å². The van der Waals surface area contributed by atoms with Gasteiger partial charge in [0.15, 0.2) is 0 Å². The van der Waals surface area contributed by atoms with Crippen molar-refractivity contribution in [3.63, 3.8) is 0 Å². The number of carbonyl (C=O) groups is 1. The van der Waals surface area contributed by atoms with Crippen molar-refractivity contribution in [2.45, 2.75) is 49.8 Å². The Kier molecular flexibility index (Phi) is 6.89. The minimum absolute atomic E-state index is 0.159. The van der Waals surface area contributed by atoms with Crippen molar-refractivity contribution in [1.82, 2.24) is 9.21 Å². The maximum atomic E-state index is 12.8.